The van der Waals surface area contributed by atoms with Crippen molar-refractivity contribution in [3.05, 3.63) is 29.8 Å². The second kappa shape index (κ2) is 18.0. The lowest BCUT2D eigenvalue weighted by molar-refractivity contribution is -0.148. The van der Waals surface area contributed by atoms with E-state index in [1.807, 2.05) is 20.8 Å². The number of amides is 5. The summed E-state index contributed by atoms with van der Waals surface area (Å²) in [5, 5.41) is 10.8. The molecule has 0 saturated carbocycles. The van der Waals surface area contributed by atoms with Gasteiger partial charge in [0.15, 0.2) is 0 Å². The van der Waals surface area contributed by atoms with E-state index >= 15 is 0 Å². The number of ether oxygens (including phenoxy) is 2. The molecule has 0 aromatic heterocycles. The first kappa shape index (κ1) is 36.4. The Morgan fingerprint density at radius 3 is 2.14 bits per heavy atom. The first-order chi connectivity index (χ1) is 19.6. The molecule has 0 heterocycles. The third-order valence-corrected chi connectivity index (χ3v) is 6.43. The molecule has 2 atom stereocenters. The number of urea groups is 1. The van der Waals surface area contributed by atoms with Crippen LogP contribution in [0.3, 0.4) is 0 Å². The quantitative estimate of drug-likeness (QED) is 0.129. The van der Waals surface area contributed by atoms with Crippen molar-refractivity contribution >= 4 is 35.4 Å². The Hall–Kier alpha value is -3.67. The molecule has 6 N–H and O–H groups in total. The summed E-state index contributed by atoms with van der Waals surface area (Å²) < 4.78 is 10.9. The molecule has 0 saturated heterocycles. The number of nitrogens with two attached hydrogens (primary N) is 1. The van der Waals surface area contributed by atoms with Crippen LogP contribution in [0.5, 0.6) is 0 Å². The van der Waals surface area contributed by atoms with Crippen LogP contribution >= 0.6 is 0 Å². The van der Waals surface area contributed by atoms with Crippen molar-refractivity contribution in [1.82, 2.24) is 16.0 Å². The second-order valence-electron chi connectivity index (χ2n) is 11.4. The van der Waals surface area contributed by atoms with Gasteiger partial charge >= 0.3 is 12.0 Å². The fraction of sp³-hybridized carbons (Fsp3) is 0.633. The molecule has 42 heavy (non-hydrogen) atoms. The fourth-order valence-electron chi connectivity index (χ4n) is 3.94. The Kier molecular flexibility index (Phi) is 15.6. The van der Waals surface area contributed by atoms with Crippen molar-refractivity contribution in [2.75, 3.05) is 18.5 Å². The predicted octanol–water partition coefficient (Wildman–Crippen LogP) is 2.99. The van der Waals surface area contributed by atoms with Gasteiger partial charge in [-0.1, -0.05) is 39.8 Å². The van der Waals surface area contributed by atoms with Crippen LogP contribution in [0.4, 0.5) is 10.5 Å². The maximum absolute atomic E-state index is 13.3. The molecule has 0 aliphatic rings. The van der Waals surface area contributed by atoms with E-state index in [9.17, 15) is 24.0 Å². The van der Waals surface area contributed by atoms with Crippen molar-refractivity contribution < 1.29 is 33.4 Å². The molecule has 0 radical (unpaired) electrons. The van der Waals surface area contributed by atoms with Crippen molar-refractivity contribution in [2.24, 2.45) is 17.6 Å². The highest BCUT2D eigenvalue weighted by atomic mass is 16.5. The molecule has 1 aromatic rings. The van der Waals surface area contributed by atoms with E-state index in [1.54, 1.807) is 52.0 Å². The number of hydrogen-bond acceptors (Lipinski definition) is 7. The lowest BCUT2D eigenvalue weighted by Crippen LogP contribution is -2.54. The maximum atomic E-state index is 13.3. The molecule has 12 heteroatoms. The van der Waals surface area contributed by atoms with Crippen LogP contribution in [0.1, 0.15) is 79.7 Å². The number of anilines is 1. The predicted molar refractivity (Wildman–Crippen MR) is 160 cm³/mol. The molecule has 0 fully saturated rings. The van der Waals surface area contributed by atoms with E-state index < -0.39 is 35.5 Å². The topological polar surface area (TPSA) is 178 Å². The molecule has 12 nitrogen and oxygen atoms in total. The van der Waals surface area contributed by atoms with E-state index in [-0.39, 0.29) is 49.7 Å². The molecular formula is C30H49N5O7. The molecule has 0 aliphatic heterocycles. The smallest absolute Gasteiger partial charge is 0.312 e. The molecule has 2 unspecified atom stereocenters. The van der Waals surface area contributed by atoms with E-state index in [0.29, 0.717) is 25.1 Å². The standard InChI is InChI=1S/C30H49N5O7/c1-8-42-30(6,7)16-15-24(36)35-25(19(2)3)27(38)34-23(10-9-17-32-29(31)40)26(37)33-22-13-11-21(12-14-22)18-41-28(39)20(4)5/h11-14,19-20,23,25H,8-10,15-18H2,1-7H3,(H,33,37)(H,34,38)(H,35,36)(H3,31,32,40). The van der Waals surface area contributed by atoms with Gasteiger partial charge in [0.2, 0.25) is 17.7 Å². The van der Waals surface area contributed by atoms with Crippen molar-refractivity contribution in [2.45, 2.75) is 98.4 Å². The van der Waals surface area contributed by atoms with Crippen LogP contribution in [-0.4, -0.2) is 60.6 Å². The highest BCUT2D eigenvalue weighted by molar-refractivity contribution is 5.98. The molecule has 1 aromatic carbocycles. The summed E-state index contributed by atoms with van der Waals surface area (Å²) in [4.78, 5) is 62.0. The summed E-state index contributed by atoms with van der Waals surface area (Å²) in [5.41, 5.74) is 5.90. The number of nitrogens with one attached hydrogen (secondary N) is 4. The molecular weight excluding hydrogens is 542 g/mol. The van der Waals surface area contributed by atoms with Crippen LogP contribution in [0, 0.1) is 11.8 Å². The Balaban J connectivity index is 2.91. The third-order valence-electron chi connectivity index (χ3n) is 6.43. The largest absolute Gasteiger partial charge is 0.461 e. The number of carbonyl (C=O) groups excluding carboxylic acids is 5. The van der Waals surface area contributed by atoms with Crippen molar-refractivity contribution in [3.8, 4) is 0 Å². The zero-order chi connectivity index (χ0) is 31.9. The number of carbonyl (C=O) groups is 5. The Bertz CT molecular complexity index is 1040. The maximum Gasteiger partial charge on any atom is 0.312 e. The van der Waals surface area contributed by atoms with Crippen LogP contribution in [0.2, 0.25) is 0 Å². The van der Waals surface area contributed by atoms with Gasteiger partial charge in [0.05, 0.1) is 11.5 Å². The van der Waals surface area contributed by atoms with E-state index in [2.05, 4.69) is 21.3 Å². The lowest BCUT2D eigenvalue weighted by Gasteiger charge is -2.27. The first-order valence-corrected chi connectivity index (χ1v) is 14.5. The normalized spacial score (nSPS) is 12.8. The van der Waals surface area contributed by atoms with Crippen LogP contribution in [0.25, 0.3) is 0 Å². The minimum absolute atomic E-state index is 0.113. The highest BCUT2D eigenvalue weighted by Crippen LogP contribution is 2.17. The SMILES string of the molecule is CCOC(C)(C)CCC(=O)NC(C(=O)NC(CCCNC(N)=O)C(=O)Nc1ccc(COC(=O)C(C)C)cc1)C(C)C. The molecule has 236 valence electrons. The minimum atomic E-state index is -0.950. The summed E-state index contributed by atoms with van der Waals surface area (Å²) >= 11 is 0. The molecule has 0 aliphatic carbocycles. The van der Waals surface area contributed by atoms with Gasteiger partial charge < -0.3 is 36.5 Å². The summed E-state index contributed by atoms with van der Waals surface area (Å²) in [5.74, 6) is -2.03. The van der Waals surface area contributed by atoms with Gasteiger partial charge in [0.1, 0.15) is 18.7 Å². The Morgan fingerprint density at radius 2 is 1.60 bits per heavy atom. The fourth-order valence-corrected chi connectivity index (χ4v) is 3.94. The van der Waals surface area contributed by atoms with Gasteiger partial charge in [-0.15, -0.1) is 0 Å². The van der Waals surface area contributed by atoms with Gasteiger partial charge in [-0.3, -0.25) is 19.2 Å². The van der Waals surface area contributed by atoms with Gasteiger partial charge in [-0.25, -0.2) is 4.79 Å². The average molecular weight is 592 g/mol. The van der Waals surface area contributed by atoms with Gasteiger partial charge in [-0.05, 0) is 63.6 Å². The van der Waals surface area contributed by atoms with Gasteiger partial charge in [0, 0.05) is 25.3 Å². The monoisotopic (exact) mass is 591 g/mol. The Labute approximate surface area is 249 Å². The van der Waals surface area contributed by atoms with Crippen molar-refractivity contribution in [1.29, 1.82) is 0 Å². The van der Waals surface area contributed by atoms with Gasteiger partial charge in [0.25, 0.3) is 0 Å². The zero-order valence-electron chi connectivity index (χ0n) is 26.0. The zero-order valence-corrected chi connectivity index (χ0v) is 26.0. The number of benzene rings is 1. The summed E-state index contributed by atoms with van der Waals surface area (Å²) in [7, 11) is 0. The molecule has 0 spiro atoms. The summed E-state index contributed by atoms with van der Waals surface area (Å²) in [6.45, 7) is 13.7. The van der Waals surface area contributed by atoms with E-state index in [0.717, 1.165) is 5.56 Å². The summed E-state index contributed by atoms with van der Waals surface area (Å²) in [6.07, 6.45) is 1.24. The minimum Gasteiger partial charge on any atom is -0.461 e. The lowest BCUT2D eigenvalue weighted by atomic mass is 9.99. The number of esters is 1. The Morgan fingerprint density at radius 1 is 0.952 bits per heavy atom. The van der Waals surface area contributed by atoms with E-state index in [1.165, 1.54) is 0 Å². The first-order valence-electron chi connectivity index (χ1n) is 14.5. The third kappa shape index (κ3) is 14.3. The van der Waals surface area contributed by atoms with Gasteiger partial charge in [-0.2, -0.15) is 0 Å². The second-order valence-corrected chi connectivity index (χ2v) is 11.4. The molecule has 5 amide bonds. The van der Waals surface area contributed by atoms with Crippen LogP contribution in [0.15, 0.2) is 24.3 Å². The van der Waals surface area contributed by atoms with E-state index in [4.69, 9.17) is 15.2 Å². The number of primary amides is 1. The highest BCUT2D eigenvalue weighted by Gasteiger charge is 2.29. The van der Waals surface area contributed by atoms with Crippen LogP contribution in [-0.2, 0) is 35.3 Å². The number of rotatable bonds is 18. The van der Waals surface area contributed by atoms with Crippen LogP contribution < -0.4 is 27.0 Å². The molecule has 0 bridgehead atoms. The number of hydrogen-bond donors (Lipinski definition) is 5. The average Bonchev–Trinajstić information content (AvgIpc) is 2.91. The van der Waals surface area contributed by atoms with Crippen molar-refractivity contribution in [3.63, 3.8) is 0 Å². The molecule has 1 rings (SSSR count). The summed E-state index contributed by atoms with van der Waals surface area (Å²) in [6, 6.07) is 4.30.